The number of aromatic nitrogens is 3. The quantitative estimate of drug-likeness (QED) is 0.452. The second-order valence-corrected chi connectivity index (χ2v) is 11.7. The number of nitrogens with zero attached hydrogens (tertiary/aromatic N) is 5. The first-order chi connectivity index (χ1) is 18.7. The van der Waals surface area contributed by atoms with Gasteiger partial charge in [-0.3, -0.25) is 19.7 Å². The molecule has 3 aliphatic rings. The summed E-state index contributed by atoms with van der Waals surface area (Å²) < 4.78 is 56.5. The molecule has 3 aliphatic heterocycles. The summed E-state index contributed by atoms with van der Waals surface area (Å²) in [5.74, 6) is -3.37. The lowest BCUT2D eigenvalue weighted by molar-refractivity contribution is -0.192. The fourth-order valence-corrected chi connectivity index (χ4v) is 5.84. The molecule has 5 rings (SSSR count). The van der Waals surface area contributed by atoms with E-state index in [1.165, 1.54) is 4.90 Å². The van der Waals surface area contributed by atoms with E-state index >= 15 is 0 Å². The highest BCUT2D eigenvalue weighted by molar-refractivity contribution is 7.91. The van der Waals surface area contributed by atoms with Crippen LogP contribution in [0.4, 0.5) is 13.2 Å². The lowest BCUT2D eigenvalue weighted by atomic mass is 10.0. The lowest BCUT2D eigenvalue weighted by Gasteiger charge is -2.29. The average molecular weight is 587 g/mol. The summed E-state index contributed by atoms with van der Waals surface area (Å²) in [6.07, 6.45) is -2.12. The van der Waals surface area contributed by atoms with Crippen molar-refractivity contribution in [2.24, 2.45) is 0 Å². The molecule has 1 atom stereocenters. The zero-order valence-corrected chi connectivity index (χ0v) is 21.7. The van der Waals surface area contributed by atoms with Crippen LogP contribution in [-0.4, -0.2) is 105 Å². The van der Waals surface area contributed by atoms with E-state index in [4.69, 9.17) is 9.90 Å². The van der Waals surface area contributed by atoms with Crippen molar-refractivity contribution in [1.29, 1.82) is 0 Å². The molecule has 0 aliphatic carbocycles. The van der Waals surface area contributed by atoms with Crippen LogP contribution in [0.25, 0.3) is 5.69 Å². The highest BCUT2D eigenvalue weighted by Crippen LogP contribution is 2.31. The summed E-state index contributed by atoms with van der Waals surface area (Å²) in [5, 5.41) is 17.9. The van der Waals surface area contributed by atoms with Crippen molar-refractivity contribution in [2.75, 3.05) is 31.1 Å². The molecule has 0 spiro atoms. The van der Waals surface area contributed by atoms with E-state index in [0.717, 1.165) is 16.9 Å². The van der Waals surface area contributed by atoms with Gasteiger partial charge < -0.3 is 14.9 Å². The number of carbonyl (C=O) groups excluding carboxylic acids is 3. The number of hydrogen-bond donors (Lipinski definition) is 2. The van der Waals surface area contributed by atoms with Crippen LogP contribution in [0.3, 0.4) is 0 Å². The molecule has 2 N–H and O–H groups in total. The van der Waals surface area contributed by atoms with Crippen LogP contribution < -0.4 is 5.32 Å². The third-order valence-electron chi connectivity index (χ3n) is 6.71. The number of aliphatic carboxylic acids is 1. The van der Waals surface area contributed by atoms with E-state index in [2.05, 4.69) is 20.5 Å². The smallest absolute Gasteiger partial charge is 0.475 e. The number of carbonyl (C=O) groups is 4. The Bertz CT molecular complexity index is 1430. The van der Waals surface area contributed by atoms with Crippen molar-refractivity contribution in [3.8, 4) is 5.69 Å². The van der Waals surface area contributed by atoms with Gasteiger partial charge in [-0.25, -0.2) is 17.9 Å². The molecular formula is C23H25F3N6O7S. The summed E-state index contributed by atoms with van der Waals surface area (Å²) in [6, 6.07) is 4.69. The fourth-order valence-electron chi connectivity index (χ4n) is 4.56. The first kappa shape index (κ1) is 29.1. The molecule has 17 heteroatoms. The summed E-state index contributed by atoms with van der Waals surface area (Å²) >= 11 is 0. The maximum Gasteiger partial charge on any atom is 0.490 e. The van der Waals surface area contributed by atoms with Gasteiger partial charge in [-0.2, -0.15) is 13.2 Å². The van der Waals surface area contributed by atoms with Gasteiger partial charge in [-0.1, -0.05) is 11.3 Å². The minimum atomic E-state index is -5.08. The van der Waals surface area contributed by atoms with Gasteiger partial charge in [0.1, 0.15) is 6.04 Å². The summed E-state index contributed by atoms with van der Waals surface area (Å²) in [5.41, 5.74) is 2.78. The van der Waals surface area contributed by atoms with Crippen LogP contribution in [0, 0.1) is 0 Å². The number of halogens is 3. The van der Waals surface area contributed by atoms with Crippen molar-refractivity contribution in [3.63, 3.8) is 0 Å². The molecule has 1 aromatic carbocycles. The van der Waals surface area contributed by atoms with Crippen LogP contribution in [0.1, 0.15) is 34.5 Å². The Labute approximate surface area is 225 Å². The summed E-state index contributed by atoms with van der Waals surface area (Å²) in [6.45, 7) is 2.01. The second kappa shape index (κ2) is 11.3. The van der Waals surface area contributed by atoms with Crippen molar-refractivity contribution in [2.45, 2.75) is 38.0 Å². The largest absolute Gasteiger partial charge is 0.490 e. The Kier molecular flexibility index (Phi) is 8.25. The maximum atomic E-state index is 13.0. The Morgan fingerprint density at radius 3 is 2.45 bits per heavy atom. The third kappa shape index (κ3) is 6.64. The first-order valence-corrected chi connectivity index (χ1v) is 14.0. The molecule has 4 heterocycles. The number of alkyl halides is 3. The van der Waals surface area contributed by atoms with E-state index in [9.17, 15) is 36.0 Å². The SMILES string of the molecule is O=C(O)C(F)(F)F.O=C1CCC(N2Cc3c(cccc3-n3cc(CCN4CCS(=O)(=O)CC4)nn3)C2=O)C(=O)N1. The predicted octanol–water partition coefficient (Wildman–Crippen LogP) is -0.0655. The number of benzene rings is 1. The first-order valence-electron chi connectivity index (χ1n) is 12.2. The molecule has 2 fully saturated rings. The van der Waals surface area contributed by atoms with Crippen molar-refractivity contribution in [1.82, 2.24) is 30.1 Å². The van der Waals surface area contributed by atoms with Crippen LogP contribution in [0.15, 0.2) is 24.4 Å². The monoisotopic (exact) mass is 586 g/mol. The number of nitrogens with one attached hydrogen (secondary N) is 1. The lowest BCUT2D eigenvalue weighted by Crippen LogP contribution is -2.52. The number of carboxylic acids is 1. The number of fused-ring (bicyclic) bond motifs is 1. The minimum Gasteiger partial charge on any atom is -0.475 e. The van der Waals surface area contributed by atoms with Gasteiger partial charge in [0.25, 0.3) is 5.91 Å². The van der Waals surface area contributed by atoms with Gasteiger partial charge in [-0.05, 0) is 18.6 Å². The van der Waals surface area contributed by atoms with E-state index < -0.39 is 33.9 Å². The average Bonchev–Trinajstić information content (AvgIpc) is 3.48. The van der Waals surface area contributed by atoms with Crippen LogP contribution in [0.2, 0.25) is 0 Å². The summed E-state index contributed by atoms with van der Waals surface area (Å²) in [4.78, 5) is 49.3. The van der Waals surface area contributed by atoms with Crippen LogP contribution in [-0.2, 0) is 37.2 Å². The van der Waals surface area contributed by atoms with Crippen molar-refractivity contribution in [3.05, 3.63) is 41.2 Å². The Morgan fingerprint density at radius 2 is 1.82 bits per heavy atom. The highest BCUT2D eigenvalue weighted by Gasteiger charge is 2.40. The maximum absolute atomic E-state index is 13.0. The standard InChI is InChI=1S/C21H24N6O5S.C2HF3O2/c28-19-5-4-18(20(29)22-19)26-13-16-15(21(26)30)2-1-3-17(16)27-12-14(23-24-27)6-7-25-8-10-33(31,32)11-9-25;3-2(4,5)1(6)7/h1-3,12,18H,4-11,13H2,(H,22,28,29);(H,6,7). The predicted molar refractivity (Wildman–Crippen MR) is 130 cm³/mol. The van der Waals surface area contributed by atoms with E-state index in [1.807, 2.05) is 12.3 Å². The Hall–Kier alpha value is -3.86. The van der Waals surface area contributed by atoms with Gasteiger partial charge in [0, 0.05) is 50.1 Å². The number of piperidine rings is 1. The molecule has 13 nitrogen and oxygen atoms in total. The van der Waals surface area contributed by atoms with E-state index in [1.54, 1.807) is 16.8 Å². The molecule has 1 aromatic heterocycles. The number of rotatable bonds is 5. The third-order valence-corrected chi connectivity index (χ3v) is 8.32. The minimum absolute atomic E-state index is 0.188. The molecule has 0 saturated carbocycles. The fraction of sp³-hybridized carbons (Fsp3) is 0.478. The number of sulfone groups is 1. The molecule has 2 aromatic rings. The molecule has 3 amide bonds. The molecule has 40 heavy (non-hydrogen) atoms. The zero-order valence-electron chi connectivity index (χ0n) is 20.9. The zero-order chi connectivity index (χ0) is 29.2. The molecule has 2 saturated heterocycles. The molecular weight excluding hydrogens is 561 g/mol. The van der Waals surface area contributed by atoms with Gasteiger partial charge in [0.2, 0.25) is 11.8 Å². The van der Waals surface area contributed by atoms with Gasteiger partial charge in [-0.15, -0.1) is 5.10 Å². The molecule has 1 unspecified atom stereocenters. The number of imide groups is 1. The highest BCUT2D eigenvalue weighted by atomic mass is 32.2. The van der Waals surface area contributed by atoms with Crippen LogP contribution >= 0.6 is 0 Å². The van der Waals surface area contributed by atoms with Gasteiger partial charge in [0.05, 0.1) is 29.1 Å². The Morgan fingerprint density at radius 1 is 1.15 bits per heavy atom. The molecule has 0 bridgehead atoms. The second-order valence-electron chi connectivity index (χ2n) is 9.40. The van der Waals surface area contributed by atoms with E-state index in [-0.39, 0.29) is 36.3 Å². The topological polar surface area (TPSA) is 172 Å². The van der Waals surface area contributed by atoms with Crippen molar-refractivity contribution < 1.29 is 45.9 Å². The van der Waals surface area contributed by atoms with Crippen LogP contribution in [0.5, 0.6) is 0 Å². The number of carboxylic acid groups (broad SMARTS) is 1. The van der Waals surface area contributed by atoms with E-state index in [0.29, 0.717) is 38.0 Å². The molecule has 0 radical (unpaired) electrons. The van der Waals surface area contributed by atoms with Gasteiger partial charge in [0.15, 0.2) is 9.84 Å². The molecule has 216 valence electrons. The normalized spacial score (nSPS) is 20.9. The van der Waals surface area contributed by atoms with Gasteiger partial charge >= 0.3 is 12.1 Å². The Balaban J connectivity index is 0.000000470. The number of amides is 3. The van der Waals surface area contributed by atoms with Crippen molar-refractivity contribution >= 4 is 33.5 Å². The summed E-state index contributed by atoms with van der Waals surface area (Å²) in [7, 11) is -2.91. The number of hydrogen-bond acceptors (Lipinski definition) is 9.